The van der Waals surface area contributed by atoms with Crippen molar-refractivity contribution in [3.05, 3.63) is 70.9 Å². The number of rotatable bonds is 5. The SMILES string of the molecule is O=C(C(F)F)N1CCC(c2ccc(F)cc2)C(N2Cc3ccc(-c4nnc(C(F)F)o4)cc3C2=O)C1. The Balaban J connectivity index is 1.46. The maximum Gasteiger partial charge on any atom is 0.315 e. The summed E-state index contributed by atoms with van der Waals surface area (Å²) in [5.41, 5.74) is 1.91. The Morgan fingerprint density at radius 1 is 1.06 bits per heavy atom. The maximum absolute atomic E-state index is 13.5. The molecule has 1 fully saturated rings. The van der Waals surface area contributed by atoms with E-state index in [0.717, 1.165) is 10.5 Å². The smallest absolute Gasteiger partial charge is 0.315 e. The third-order valence-electron chi connectivity index (χ3n) is 6.59. The summed E-state index contributed by atoms with van der Waals surface area (Å²) < 4.78 is 70.4. The van der Waals surface area contributed by atoms with Crippen molar-refractivity contribution in [2.45, 2.75) is 37.8 Å². The van der Waals surface area contributed by atoms with Gasteiger partial charge in [0, 0.05) is 36.7 Å². The predicted molar refractivity (Wildman–Crippen MR) is 115 cm³/mol. The molecular weight excluding hydrogens is 487 g/mol. The lowest BCUT2D eigenvalue weighted by molar-refractivity contribution is -0.145. The summed E-state index contributed by atoms with van der Waals surface area (Å²) >= 11 is 0. The number of nitrogens with zero attached hydrogens (tertiary/aromatic N) is 4. The molecule has 7 nitrogen and oxygen atoms in total. The molecule has 5 rings (SSSR count). The number of likely N-dealkylation sites (tertiary alicyclic amines) is 1. The molecule has 0 spiro atoms. The number of hydrogen-bond acceptors (Lipinski definition) is 5. The van der Waals surface area contributed by atoms with Crippen molar-refractivity contribution in [1.82, 2.24) is 20.0 Å². The van der Waals surface area contributed by atoms with Crippen LogP contribution >= 0.6 is 0 Å². The van der Waals surface area contributed by atoms with E-state index in [1.807, 2.05) is 0 Å². The molecule has 0 saturated carbocycles. The molecule has 0 aliphatic carbocycles. The number of carbonyl (C=O) groups is 2. The zero-order chi connectivity index (χ0) is 25.6. The number of carbonyl (C=O) groups excluding carboxylic acids is 2. The molecule has 1 aromatic heterocycles. The van der Waals surface area contributed by atoms with Gasteiger partial charge in [0.05, 0.1) is 6.04 Å². The van der Waals surface area contributed by atoms with Crippen LogP contribution in [0.2, 0.25) is 0 Å². The van der Waals surface area contributed by atoms with E-state index in [4.69, 9.17) is 4.42 Å². The number of alkyl halides is 4. The van der Waals surface area contributed by atoms with E-state index in [2.05, 4.69) is 10.2 Å². The van der Waals surface area contributed by atoms with Crippen molar-refractivity contribution in [2.24, 2.45) is 0 Å². The Morgan fingerprint density at radius 2 is 1.81 bits per heavy atom. The maximum atomic E-state index is 13.5. The lowest BCUT2D eigenvalue weighted by Crippen LogP contribution is -2.54. The van der Waals surface area contributed by atoms with Crippen molar-refractivity contribution in [3.8, 4) is 11.5 Å². The van der Waals surface area contributed by atoms with E-state index in [9.17, 15) is 31.5 Å². The third kappa shape index (κ3) is 4.31. The lowest BCUT2D eigenvalue weighted by atomic mass is 9.84. The average Bonchev–Trinajstić information content (AvgIpc) is 3.49. The molecule has 0 bridgehead atoms. The quantitative estimate of drug-likeness (QED) is 0.479. The van der Waals surface area contributed by atoms with Gasteiger partial charge in [-0.25, -0.2) is 4.39 Å². The standard InChI is InChI=1S/C24H19F5N4O3/c25-15-5-3-12(4-6-15)16-7-8-32(24(35)20(28)29)11-18(16)33-10-14-2-1-13(9-17(14)23(33)34)21-30-31-22(36-21)19(26)27/h1-6,9,16,18-20H,7-8,10-11H2. The fourth-order valence-corrected chi connectivity index (χ4v) is 4.85. The summed E-state index contributed by atoms with van der Waals surface area (Å²) in [5, 5.41) is 6.90. The van der Waals surface area contributed by atoms with E-state index in [1.165, 1.54) is 23.1 Å². The summed E-state index contributed by atoms with van der Waals surface area (Å²) in [6.45, 7) is 0.114. The highest BCUT2D eigenvalue weighted by Crippen LogP contribution is 2.37. The van der Waals surface area contributed by atoms with Crippen LogP contribution in [0.1, 0.15) is 46.1 Å². The zero-order valence-electron chi connectivity index (χ0n) is 18.6. The molecule has 1 saturated heterocycles. The van der Waals surface area contributed by atoms with Gasteiger partial charge in [0.15, 0.2) is 0 Å². The normalized spacial score (nSPS) is 19.9. The molecule has 0 N–H and O–H groups in total. The van der Waals surface area contributed by atoms with Crippen LogP contribution in [0.3, 0.4) is 0 Å². The molecule has 12 heteroatoms. The van der Waals surface area contributed by atoms with E-state index < -0.39 is 42.4 Å². The van der Waals surface area contributed by atoms with Gasteiger partial charge in [-0.15, -0.1) is 10.2 Å². The molecule has 188 valence electrons. The second-order valence-electron chi connectivity index (χ2n) is 8.65. The van der Waals surface area contributed by atoms with Crippen molar-refractivity contribution >= 4 is 11.8 Å². The molecule has 2 unspecified atom stereocenters. The van der Waals surface area contributed by atoms with Crippen molar-refractivity contribution < 1.29 is 36.0 Å². The monoisotopic (exact) mass is 506 g/mol. The van der Waals surface area contributed by atoms with Crippen LogP contribution in [0.25, 0.3) is 11.5 Å². The number of aromatic nitrogens is 2. The van der Waals surface area contributed by atoms with Gasteiger partial charge in [0.25, 0.3) is 17.7 Å². The van der Waals surface area contributed by atoms with E-state index >= 15 is 0 Å². The van der Waals surface area contributed by atoms with Crippen LogP contribution < -0.4 is 0 Å². The Bertz CT molecular complexity index is 1300. The summed E-state index contributed by atoms with van der Waals surface area (Å²) in [4.78, 5) is 28.1. The highest BCUT2D eigenvalue weighted by molar-refractivity contribution is 5.99. The second kappa shape index (κ2) is 9.32. The fraction of sp³-hybridized carbons (Fsp3) is 0.333. The van der Waals surface area contributed by atoms with Gasteiger partial charge in [0.1, 0.15) is 5.82 Å². The van der Waals surface area contributed by atoms with Gasteiger partial charge in [-0.3, -0.25) is 9.59 Å². The van der Waals surface area contributed by atoms with Crippen molar-refractivity contribution in [1.29, 1.82) is 0 Å². The molecule has 2 amide bonds. The summed E-state index contributed by atoms with van der Waals surface area (Å²) in [6, 6.07) is 9.74. The lowest BCUT2D eigenvalue weighted by Gasteiger charge is -2.43. The first kappa shape index (κ1) is 23.9. The number of hydrogen-bond donors (Lipinski definition) is 0. The molecule has 3 aromatic rings. The van der Waals surface area contributed by atoms with Crippen molar-refractivity contribution in [2.75, 3.05) is 13.1 Å². The van der Waals surface area contributed by atoms with Crippen LogP contribution in [-0.4, -0.2) is 57.4 Å². The van der Waals surface area contributed by atoms with Gasteiger partial charge >= 0.3 is 12.9 Å². The Labute approximate surface area is 201 Å². The fourth-order valence-electron chi connectivity index (χ4n) is 4.85. The zero-order valence-corrected chi connectivity index (χ0v) is 18.6. The number of benzene rings is 2. The Morgan fingerprint density at radius 3 is 2.47 bits per heavy atom. The average molecular weight is 506 g/mol. The van der Waals surface area contributed by atoms with Gasteiger partial charge in [-0.1, -0.05) is 18.2 Å². The van der Waals surface area contributed by atoms with Crippen LogP contribution in [0, 0.1) is 5.82 Å². The largest absolute Gasteiger partial charge is 0.415 e. The highest BCUT2D eigenvalue weighted by Gasteiger charge is 2.42. The number of halogens is 5. The van der Waals surface area contributed by atoms with Gasteiger partial charge < -0.3 is 14.2 Å². The summed E-state index contributed by atoms with van der Waals surface area (Å²) in [5.74, 6) is -3.50. The second-order valence-corrected chi connectivity index (χ2v) is 8.65. The molecule has 0 radical (unpaired) electrons. The summed E-state index contributed by atoms with van der Waals surface area (Å²) in [7, 11) is 0. The van der Waals surface area contributed by atoms with E-state index in [1.54, 1.807) is 24.3 Å². The van der Waals surface area contributed by atoms with E-state index in [-0.39, 0.29) is 42.6 Å². The highest BCUT2D eigenvalue weighted by atomic mass is 19.3. The van der Waals surface area contributed by atoms with Crippen LogP contribution in [0.5, 0.6) is 0 Å². The van der Waals surface area contributed by atoms with Crippen LogP contribution in [0.15, 0.2) is 46.9 Å². The number of fused-ring (bicyclic) bond motifs is 1. The first-order chi connectivity index (χ1) is 17.2. The first-order valence-corrected chi connectivity index (χ1v) is 11.1. The predicted octanol–water partition coefficient (Wildman–Crippen LogP) is 4.42. The van der Waals surface area contributed by atoms with Gasteiger partial charge in [-0.05, 0) is 41.8 Å². The molecule has 2 aromatic carbocycles. The van der Waals surface area contributed by atoms with Gasteiger partial charge in [-0.2, -0.15) is 17.6 Å². The molecule has 2 aliphatic heterocycles. The van der Waals surface area contributed by atoms with Crippen LogP contribution in [-0.2, 0) is 11.3 Å². The minimum absolute atomic E-state index is 0.0739. The van der Waals surface area contributed by atoms with Gasteiger partial charge in [0.2, 0.25) is 5.89 Å². The number of amides is 2. The molecule has 2 atom stereocenters. The number of piperidine rings is 1. The summed E-state index contributed by atoms with van der Waals surface area (Å²) in [6.07, 6.45) is -5.81. The minimum atomic E-state index is -3.17. The molecule has 3 heterocycles. The molecule has 2 aliphatic rings. The molecular formula is C24H19F5N4O3. The van der Waals surface area contributed by atoms with Crippen molar-refractivity contribution in [3.63, 3.8) is 0 Å². The first-order valence-electron chi connectivity index (χ1n) is 11.1. The van der Waals surface area contributed by atoms with E-state index in [0.29, 0.717) is 12.0 Å². The Kier molecular flexibility index (Phi) is 6.19. The molecule has 36 heavy (non-hydrogen) atoms. The minimum Gasteiger partial charge on any atom is -0.415 e. The Hall–Kier alpha value is -3.83. The van der Waals surface area contributed by atoms with Crippen LogP contribution in [0.4, 0.5) is 22.0 Å². The third-order valence-corrected chi connectivity index (χ3v) is 6.59. The topological polar surface area (TPSA) is 79.5 Å².